The highest BCUT2D eigenvalue weighted by molar-refractivity contribution is 6.05. The average molecular weight is 289 g/mol. The second kappa shape index (κ2) is 6.04. The number of carbonyl (C=O) groups excluding carboxylic acids is 2. The maximum absolute atomic E-state index is 12.0. The highest BCUT2D eigenvalue weighted by atomic mass is 16.6. The third-order valence-corrected chi connectivity index (χ3v) is 2.94. The molecule has 2 amide bonds. The first-order valence-corrected chi connectivity index (χ1v) is 6.18. The summed E-state index contributed by atoms with van der Waals surface area (Å²) >= 11 is 0. The Morgan fingerprint density at radius 3 is 2.67 bits per heavy atom. The Kier molecular flexibility index (Phi) is 4.17. The van der Waals surface area contributed by atoms with Gasteiger partial charge in [0.05, 0.1) is 0 Å². The van der Waals surface area contributed by atoms with Crippen molar-refractivity contribution in [2.75, 3.05) is 18.1 Å². The number of hydrogen-bond donors (Lipinski definition) is 2. The third kappa shape index (κ3) is 3.35. The quantitative estimate of drug-likeness (QED) is 0.863. The van der Waals surface area contributed by atoms with E-state index in [4.69, 9.17) is 5.73 Å². The summed E-state index contributed by atoms with van der Waals surface area (Å²) in [7, 11) is 1.68. The van der Waals surface area contributed by atoms with Crippen LogP contribution in [0.3, 0.4) is 0 Å². The van der Waals surface area contributed by atoms with Crippen LogP contribution in [0.5, 0.6) is 0 Å². The molecule has 0 bridgehead atoms. The molecule has 0 saturated carbocycles. The van der Waals surface area contributed by atoms with Crippen LogP contribution in [-0.4, -0.2) is 34.1 Å². The average Bonchev–Trinajstić information content (AvgIpc) is 2.87. The summed E-state index contributed by atoms with van der Waals surface area (Å²) in [6, 6.07) is 7.15. The van der Waals surface area contributed by atoms with Gasteiger partial charge in [-0.3, -0.25) is 9.59 Å². The molecule has 0 saturated heterocycles. The molecule has 1 heterocycles. The van der Waals surface area contributed by atoms with Gasteiger partial charge in [-0.1, -0.05) is 18.2 Å². The lowest BCUT2D eigenvalue weighted by Gasteiger charge is -2.17. The fourth-order valence-corrected chi connectivity index (χ4v) is 1.68. The van der Waals surface area contributed by atoms with E-state index < -0.39 is 5.91 Å². The molecule has 0 fully saturated rings. The number of anilines is 2. The van der Waals surface area contributed by atoms with Crippen LogP contribution >= 0.6 is 0 Å². The minimum absolute atomic E-state index is 0.0684. The molecule has 8 heteroatoms. The summed E-state index contributed by atoms with van der Waals surface area (Å²) in [5.74, 6) is -0.668. The Morgan fingerprint density at radius 2 is 2.05 bits per heavy atom. The van der Waals surface area contributed by atoms with Gasteiger partial charge in [-0.05, 0) is 21.9 Å². The first-order valence-electron chi connectivity index (χ1n) is 6.18. The minimum atomic E-state index is -0.522. The summed E-state index contributed by atoms with van der Waals surface area (Å²) in [5.41, 5.74) is 6.75. The molecule has 2 aromatic rings. The van der Waals surface area contributed by atoms with Crippen LogP contribution in [-0.2, 0) is 11.3 Å². The van der Waals surface area contributed by atoms with Gasteiger partial charge in [0.2, 0.25) is 17.4 Å². The molecule has 110 valence electrons. The maximum atomic E-state index is 12.0. The van der Waals surface area contributed by atoms with Gasteiger partial charge >= 0.3 is 0 Å². The maximum Gasteiger partial charge on any atom is 0.281 e. The van der Waals surface area contributed by atoms with Crippen molar-refractivity contribution in [1.82, 2.24) is 15.2 Å². The highest BCUT2D eigenvalue weighted by Crippen LogP contribution is 2.18. The van der Waals surface area contributed by atoms with Gasteiger partial charge in [0.25, 0.3) is 5.91 Å². The molecule has 0 atom stereocenters. The number of amides is 2. The lowest BCUT2D eigenvalue weighted by Crippen LogP contribution is -2.24. The van der Waals surface area contributed by atoms with E-state index in [0.717, 1.165) is 5.56 Å². The number of nitrogens with two attached hydrogens (primary N) is 1. The Labute approximate surface area is 120 Å². The van der Waals surface area contributed by atoms with Crippen molar-refractivity contribution in [3.8, 4) is 0 Å². The SMILES string of the molecule is CC(=O)N(C)Cc1ccccc1NC(=O)c1nonc1N. The molecule has 3 N–H and O–H groups in total. The summed E-state index contributed by atoms with van der Waals surface area (Å²) in [5, 5.41) is 9.47. The normalized spacial score (nSPS) is 10.2. The van der Waals surface area contributed by atoms with Crippen LogP contribution in [0.2, 0.25) is 0 Å². The van der Waals surface area contributed by atoms with Crippen molar-refractivity contribution < 1.29 is 14.2 Å². The number of nitrogens with zero attached hydrogens (tertiary/aromatic N) is 3. The van der Waals surface area contributed by atoms with E-state index in [1.54, 1.807) is 19.2 Å². The molecule has 8 nitrogen and oxygen atoms in total. The largest absolute Gasteiger partial charge is 0.379 e. The van der Waals surface area contributed by atoms with Crippen molar-refractivity contribution >= 4 is 23.3 Å². The smallest absolute Gasteiger partial charge is 0.281 e. The minimum Gasteiger partial charge on any atom is -0.379 e. The Hall–Kier alpha value is -2.90. The molecule has 21 heavy (non-hydrogen) atoms. The van der Waals surface area contributed by atoms with Crippen molar-refractivity contribution in [2.45, 2.75) is 13.5 Å². The number of carbonyl (C=O) groups is 2. The van der Waals surface area contributed by atoms with E-state index in [-0.39, 0.29) is 17.4 Å². The van der Waals surface area contributed by atoms with Crippen molar-refractivity contribution in [3.05, 3.63) is 35.5 Å². The molecular weight excluding hydrogens is 274 g/mol. The van der Waals surface area contributed by atoms with Crippen LogP contribution in [0.15, 0.2) is 28.9 Å². The van der Waals surface area contributed by atoms with E-state index in [1.165, 1.54) is 11.8 Å². The van der Waals surface area contributed by atoms with Crippen LogP contribution in [0.1, 0.15) is 23.0 Å². The van der Waals surface area contributed by atoms with Gasteiger partial charge in [-0.2, -0.15) is 0 Å². The molecule has 0 aliphatic carbocycles. The van der Waals surface area contributed by atoms with Crippen LogP contribution in [0.4, 0.5) is 11.5 Å². The van der Waals surface area contributed by atoms with Gasteiger partial charge in [-0.15, -0.1) is 0 Å². The lowest BCUT2D eigenvalue weighted by molar-refractivity contribution is -0.128. The number of benzene rings is 1. The molecule has 0 aliphatic rings. The predicted molar refractivity (Wildman–Crippen MR) is 75.3 cm³/mol. The second-order valence-electron chi connectivity index (χ2n) is 4.48. The van der Waals surface area contributed by atoms with Crippen molar-refractivity contribution in [3.63, 3.8) is 0 Å². The van der Waals surface area contributed by atoms with Crippen LogP contribution < -0.4 is 11.1 Å². The van der Waals surface area contributed by atoms with E-state index in [9.17, 15) is 9.59 Å². The summed E-state index contributed by atoms with van der Waals surface area (Å²) in [6.45, 7) is 1.85. The molecule has 2 rings (SSSR count). The molecule has 0 radical (unpaired) electrons. The Morgan fingerprint density at radius 1 is 1.33 bits per heavy atom. The number of aromatic nitrogens is 2. The Balaban J connectivity index is 2.19. The highest BCUT2D eigenvalue weighted by Gasteiger charge is 2.17. The monoisotopic (exact) mass is 289 g/mol. The van der Waals surface area contributed by atoms with Gasteiger partial charge < -0.3 is 16.0 Å². The second-order valence-corrected chi connectivity index (χ2v) is 4.48. The topological polar surface area (TPSA) is 114 Å². The van der Waals surface area contributed by atoms with Crippen molar-refractivity contribution in [2.24, 2.45) is 0 Å². The fraction of sp³-hybridized carbons (Fsp3) is 0.231. The van der Waals surface area contributed by atoms with Crippen LogP contribution in [0.25, 0.3) is 0 Å². The number of para-hydroxylation sites is 1. The fourth-order valence-electron chi connectivity index (χ4n) is 1.68. The summed E-state index contributed by atoms with van der Waals surface area (Å²) < 4.78 is 4.39. The third-order valence-electron chi connectivity index (χ3n) is 2.94. The molecule has 0 unspecified atom stereocenters. The predicted octanol–water partition coefficient (Wildman–Crippen LogP) is 0.882. The van der Waals surface area contributed by atoms with Gasteiger partial charge in [0.15, 0.2) is 0 Å². The standard InChI is InChI=1S/C13H15N5O3/c1-8(19)18(2)7-9-5-3-4-6-10(9)15-13(20)11-12(14)17-21-16-11/h3-6H,7H2,1-2H3,(H2,14,17)(H,15,20). The van der Waals surface area contributed by atoms with E-state index in [0.29, 0.717) is 12.2 Å². The number of nitrogen functional groups attached to an aromatic ring is 1. The Bertz CT molecular complexity index is 667. The zero-order valence-electron chi connectivity index (χ0n) is 11.7. The summed E-state index contributed by atoms with van der Waals surface area (Å²) in [6.07, 6.45) is 0. The van der Waals surface area contributed by atoms with E-state index in [2.05, 4.69) is 20.3 Å². The first-order chi connectivity index (χ1) is 9.99. The van der Waals surface area contributed by atoms with E-state index >= 15 is 0 Å². The molecule has 0 aliphatic heterocycles. The summed E-state index contributed by atoms with van der Waals surface area (Å²) in [4.78, 5) is 24.9. The molecule has 1 aromatic heterocycles. The van der Waals surface area contributed by atoms with Gasteiger partial charge in [-0.25, -0.2) is 4.63 Å². The zero-order chi connectivity index (χ0) is 15.4. The molecule has 1 aromatic carbocycles. The molecular formula is C13H15N5O3. The molecule has 0 spiro atoms. The number of nitrogens with one attached hydrogen (secondary N) is 1. The lowest BCUT2D eigenvalue weighted by atomic mass is 10.1. The number of hydrogen-bond acceptors (Lipinski definition) is 6. The van der Waals surface area contributed by atoms with Gasteiger partial charge in [0, 0.05) is 26.2 Å². The van der Waals surface area contributed by atoms with Gasteiger partial charge in [0.1, 0.15) is 0 Å². The van der Waals surface area contributed by atoms with Crippen LogP contribution in [0, 0.1) is 0 Å². The van der Waals surface area contributed by atoms with E-state index in [1.807, 2.05) is 12.1 Å². The number of rotatable bonds is 4. The zero-order valence-corrected chi connectivity index (χ0v) is 11.7. The first kappa shape index (κ1) is 14.5. The van der Waals surface area contributed by atoms with Crippen molar-refractivity contribution in [1.29, 1.82) is 0 Å².